The first kappa shape index (κ1) is 13.1. The lowest BCUT2D eigenvalue weighted by molar-refractivity contribution is 0.355. The van der Waals surface area contributed by atoms with Crippen LogP contribution in [0.15, 0.2) is 41.4 Å². The lowest BCUT2D eigenvalue weighted by Gasteiger charge is -2.24. The van der Waals surface area contributed by atoms with Crippen LogP contribution in [0.4, 0.5) is 0 Å². The van der Waals surface area contributed by atoms with Crippen molar-refractivity contribution in [2.75, 3.05) is 0 Å². The SMILES string of the molecule is Brc1ncn(C2CCCCC2)c1-c1c[nH]c2ccccc12. The Kier molecular flexibility index (Phi) is 3.34. The molecular weight excluding hydrogens is 326 g/mol. The fourth-order valence-corrected chi connectivity index (χ4v) is 4.00. The molecule has 0 bridgehead atoms. The standard InChI is InChI=1S/C17H18BrN3/c18-17-16(14-10-19-15-9-5-4-8-13(14)15)21(11-20-17)12-6-2-1-3-7-12/h4-5,8-12,19H,1-3,6-7H2. The minimum atomic E-state index is 0.584. The van der Waals surface area contributed by atoms with Gasteiger partial charge in [0, 0.05) is 28.7 Å². The molecule has 2 aromatic heterocycles. The van der Waals surface area contributed by atoms with Gasteiger partial charge in [-0.05, 0) is 34.8 Å². The maximum Gasteiger partial charge on any atom is 0.132 e. The second-order valence-corrected chi connectivity index (χ2v) is 6.58. The molecule has 0 spiro atoms. The minimum Gasteiger partial charge on any atom is -0.360 e. The van der Waals surface area contributed by atoms with Gasteiger partial charge < -0.3 is 9.55 Å². The number of hydrogen-bond acceptors (Lipinski definition) is 1. The molecule has 1 aliphatic rings. The molecule has 2 heterocycles. The van der Waals surface area contributed by atoms with Crippen LogP contribution in [0.3, 0.4) is 0 Å². The van der Waals surface area contributed by atoms with Gasteiger partial charge in [-0.1, -0.05) is 37.5 Å². The molecule has 0 amide bonds. The number of aromatic amines is 1. The number of fused-ring (bicyclic) bond motifs is 1. The van der Waals surface area contributed by atoms with E-state index in [4.69, 9.17) is 0 Å². The fourth-order valence-electron chi connectivity index (χ4n) is 3.49. The highest BCUT2D eigenvalue weighted by Crippen LogP contribution is 2.38. The number of nitrogens with zero attached hydrogens (tertiary/aromatic N) is 2. The summed E-state index contributed by atoms with van der Waals surface area (Å²) in [4.78, 5) is 7.89. The van der Waals surface area contributed by atoms with Crippen molar-refractivity contribution in [1.29, 1.82) is 0 Å². The van der Waals surface area contributed by atoms with E-state index in [9.17, 15) is 0 Å². The average Bonchev–Trinajstić information content (AvgIpc) is 3.11. The number of rotatable bonds is 2. The third-order valence-corrected chi connectivity index (χ3v) is 5.14. The first-order valence-electron chi connectivity index (χ1n) is 7.63. The molecule has 4 heteroatoms. The molecule has 108 valence electrons. The molecule has 0 atom stereocenters. The second kappa shape index (κ2) is 5.34. The number of benzene rings is 1. The topological polar surface area (TPSA) is 33.6 Å². The van der Waals surface area contributed by atoms with Crippen LogP contribution >= 0.6 is 15.9 Å². The molecule has 1 saturated carbocycles. The summed E-state index contributed by atoms with van der Waals surface area (Å²) in [6.07, 6.45) is 10.6. The molecule has 0 unspecified atom stereocenters. The number of H-pyrrole nitrogens is 1. The summed E-state index contributed by atoms with van der Waals surface area (Å²) < 4.78 is 3.32. The Balaban J connectivity index is 1.86. The summed E-state index contributed by atoms with van der Waals surface area (Å²) in [6.45, 7) is 0. The summed E-state index contributed by atoms with van der Waals surface area (Å²) in [5.41, 5.74) is 3.62. The lowest BCUT2D eigenvalue weighted by atomic mass is 9.95. The highest BCUT2D eigenvalue weighted by atomic mass is 79.9. The molecule has 1 N–H and O–H groups in total. The van der Waals surface area contributed by atoms with E-state index < -0.39 is 0 Å². The van der Waals surface area contributed by atoms with Crippen LogP contribution in [0, 0.1) is 0 Å². The summed E-state index contributed by atoms with van der Waals surface area (Å²) in [6, 6.07) is 9.03. The number of aromatic nitrogens is 3. The van der Waals surface area contributed by atoms with Gasteiger partial charge in [0.1, 0.15) is 4.60 Å². The Morgan fingerprint density at radius 1 is 1.14 bits per heavy atom. The van der Waals surface area contributed by atoms with Crippen LogP contribution in [-0.4, -0.2) is 14.5 Å². The number of para-hydroxylation sites is 1. The van der Waals surface area contributed by atoms with Gasteiger partial charge in [0.05, 0.1) is 12.0 Å². The van der Waals surface area contributed by atoms with Crippen LogP contribution in [0.25, 0.3) is 22.2 Å². The quantitative estimate of drug-likeness (QED) is 0.672. The van der Waals surface area contributed by atoms with Crippen molar-refractivity contribution in [2.45, 2.75) is 38.1 Å². The Morgan fingerprint density at radius 3 is 2.81 bits per heavy atom. The third kappa shape index (κ3) is 2.22. The van der Waals surface area contributed by atoms with Crippen molar-refractivity contribution in [3.8, 4) is 11.3 Å². The van der Waals surface area contributed by atoms with Crippen molar-refractivity contribution in [3.05, 3.63) is 41.4 Å². The smallest absolute Gasteiger partial charge is 0.132 e. The molecular formula is C17H18BrN3. The van der Waals surface area contributed by atoms with Crippen molar-refractivity contribution >= 4 is 26.8 Å². The molecule has 3 nitrogen and oxygen atoms in total. The van der Waals surface area contributed by atoms with E-state index in [0.29, 0.717) is 6.04 Å². The molecule has 4 rings (SSSR count). The maximum absolute atomic E-state index is 4.52. The molecule has 0 radical (unpaired) electrons. The summed E-state index contributed by atoms with van der Waals surface area (Å²) >= 11 is 3.65. The van der Waals surface area contributed by atoms with E-state index in [1.54, 1.807) is 0 Å². The molecule has 1 aromatic carbocycles. The predicted molar refractivity (Wildman–Crippen MR) is 89.3 cm³/mol. The number of halogens is 1. The monoisotopic (exact) mass is 343 g/mol. The average molecular weight is 344 g/mol. The summed E-state index contributed by atoms with van der Waals surface area (Å²) in [5.74, 6) is 0. The van der Waals surface area contributed by atoms with Crippen LogP contribution in [0.1, 0.15) is 38.1 Å². The van der Waals surface area contributed by atoms with Gasteiger partial charge in [-0.2, -0.15) is 0 Å². The van der Waals surface area contributed by atoms with Crippen molar-refractivity contribution < 1.29 is 0 Å². The largest absolute Gasteiger partial charge is 0.360 e. The van der Waals surface area contributed by atoms with Crippen LogP contribution < -0.4 is 0 Å². The van der Waals surface area contributed by atoms with Gasteiger partial charge in [0.2, 0.25) is 0 Å². The first-order chi connectivity index (χ1) is 10.3. The minimum absolute atomic E-state index is 0.584. The lowest BCUT2D eigenvalue weighted by Crippen LogP contribution is -2.12. The van der Waals surface area contributed by atoms with Gasteiger partial charge in [-0.25, -0.2) is 4.98 Å². The van der Waals surface area contributed by atoms with Gasteiger partial charge in [-0.15, -0.1) is 0 Å². The van der Waals surface area contributed by atoms with E-state index >= 15 is 0 Å². The molecule has 21 heavy (non-hydrogen) atoms. The molecule has 0 saturated heterocycles. The third-order valence-electron chi connectivity index (χ3n) is 4.56. The van der Waals surface area contributed by atoms with E-state index in [0.717, 1.165) is 4.60 Å². The molecule has 1 aliphatic carbocycles. The Labute approximate surface area is 132 Å². The number of imidazole rings is 1. The van der Waals surface area contributed by atoms with Crippen LogP contribution in [0.5, 0.6) is 0 Å². The van der Waals surface area contributed by atoms with E-state index in [-0.39, 0.29) is 0 Å². The first-order valence-corrected chi connectivity index (χ1v) is 8.42. The van der Waals surface area contributed by atoms with Gasteiger partial charge >= 0.3 is 0 Å². The summed E-state index contributed by atoms with van der Waals surface area (Å²) in [7, 11) is 0. The fraction of sp³-hybridized carbons (Fsp3) is 0.353. The van der Waals surface area contributed by atoms with Crippen LogP contribution in [0.2, 0.25) is 0 Å². The Morgan fingerprint density at radius 2 is 1.95 bits per heavy atom. The van der Waals surface area contributed by atoms with Gasteiger partial charge in [-0.3, -0.25) is 0 Å². The van der Waals surface area contributed by atoms with Crippen molar-refractivity contribution in [1.82, 2.24) is 14.5 Å². The van der Waals surface area contributed by atoms with Gasteiger partial charge in [0.15, 0.2) is 0 Å². The zero-order valence-electron chi connectivity index (χ0n) is 11.8. The summed E-state index contributed by atoms with van der Waals surface area (Å²) in [5, 5.41) is 1.26. The van der Waals surface area contributed by atoms with E-state index in [1.807, 2.05) is 6.33 Å². The molecule has 1 fully saturated rings. The van der Waals surface area contributed by atoms with Gasteiger partial charge in [0.25, 0.3) is 0 Å². The normalized spacial score (nSPS) is 16.6. The molecule has 0 aliphatic heterocycles. The Hall–Kier alpha value is -1.55. The highest BCUT2D eigenvalue weighted by Gasteiger charge is 2.22. The van der Waals surface area contributed by atoms with E-state index in [2.05, 4.69) is 60.9 Å². The van der Waals surface area contributed by atoms with Crippen LogP contribution in [-0.2, 0) is 0 Å². The Bertz CT molecular complexity index is 765. The highest BCUT2D eigenvalue weighted by molar-refractivity contribution is 9.10. The van der Waals surface area contributed by atoms with Crippen molar-refractivity contribution in [3.63, 3.8) is 0 Å². The second-order valence-electron chi connectivity index (χ2n) is 5.83. The zero-order chi connectivity index (χ0) is 14.2. The van der Waals surface area contributed by atoms with E-state index in [1.165, 1.54) is 54.3 Å². The number of hydrogen-bond donors (Lipinski definition) is 1. The zero-order valence-corrected chi connectivity index (χ0v) is 13.4. The molecule has 3 aromatic rings. The number of nitrogens with one attached hydrogen (secondary N) is 1. The maximum atomic E-state index is 4.52. The van der Waals surface area contributed by atoms with Crippen molar-refractivity contribution in [2.24, 2.45) is 0 Å². The predicted octanol–water partition coefficient (Wildman–Crippen LogP) is 5.30.